The Bertz CT molecular complexity index is 120. The third-order valence-corrected chi connectivity index (χ3v) is 1.70. The average molecular weight is 220 g/mol. The summed E-state index contributed by atoms with van der Waals surface area (Å²) < 4.78 is 5.69. The van der Waals surface area contributed by atoms with Crippen LogP contribution in [0.25, 0.3) is 0 Å². The van der Waals surface area contributed by atoms with E-state index in [-0.39, 0.29) is 18.8 Å². The van der Waals surface area contributed by atoms with E-state index in [2.05, 4.69) is 34.6 Å². The Morgan fingerprint density at radius 3 is 1.87 bits per heavy atom. The van der Waals surface area contributed by atoms with Crippen molar-refractivity contribution < 1.29 is 14.9 Å². The van der Waals surface area contributed by atoms with Crippen LogP contribution in [0.1, 0.15) is 47.5 Å². The first-order valence-corrected chi connectivity index (χ1v) is 5.75. The molecule has 0 aromatic rings. The monoisotopic (exact) mass is 220 g/mol. The van der Waals surface area contributed by atoms with Crippen LogP contribution in [0.2, 0.25) is 0 Å². The lowest BCUT2D eigenvalue weighted by Gasteiger charge is -2.26. The zero-order valence-electron chi connectivity index (χ0n) is 10.9. The molecule has 94 valence electrons. The van der Waals surface area contributed by atoms with Gasteiger partial charge in [-0.25, -0.2) is 0 Å². The van der Waals surface area contributed by atoms with Crippen molar-refractivity contribution in [3.8, 4) is 0 Å². The van der Waals surface area contributed by atoms with E-state index >= 15 is 0 Å². The molecule has 0 saturated heterocycles. The molecule has 0 aliphatic heterocycles. The molecule has 0 aromatic heterocycles. The third-order valence-electron chi connectivity index (χ3n) is 1.70. The van der Waals surface area contributed by atoms with Crippen molar-refractivity contribution in [2.75, 3.05) is 19.8 Å². The van der Waals surface area contributed by atoms with Crippen LogP contribution in [-0.4, -0.2) is 35.6 Å². The molecule has 0 radical (unpaired) electrons. The molecule has 0 atom stereocenters. The summed E-state index contributed by atoms with van der Waals surface area (Å²) in [5, 5.41) is 15.2. The van der Waals surface area contributed by atoms with E-state index in [0.29, 0.717) is 0 Å². The smallest absolute Gasteiger partial charge is 0.0662 e. The first-order chi connectivity index (χ1) is 6.89. The molecule has 0 saturated carbocycles. The van der Waals surface area contributed by atoms with E-state index in [0.717, 1.165) is 25.4 Å². The molecule has 0 amide bonds. The van der Waals surface area contributed by atoms with Gasteiger partial charge in [-0.3, -0.25) is 0 Å². The summed E-state index contributed by atoms with van der Waals surface area (Å²) in [5.41, 5.74) is 0.0736. The SMILES string of the molecule is CCCOC(C)(C)CC(C)C.OCCO. The zero-order chi connectivity index (χ0) is 12.3. The van der Waals surface area contributed by atoms with E-state index in [1.807, 2.05) is 0 Å². The number of rotatable bonds is 6. The molecule has 2 N–H and O–H groups in total. The van der Waals surface area contributed by atoms with Gasteiger partial charge in [0.1, 0.15) is 0 Å². The van der Waals surface area contributed by atoms with Gasteiger partial charge in [-0.05, 0) is 32.6 Å². The number of ether oxygens (including phenoxy) is 1. The number of hydrogen-bond acceptors (Lipinski definition) is 3. The Morgan fingerprint density at radius 2 is 1.60 bits per heavy atom. The molecule has 0 aliphatic carbocycles. The van der Waals surface area contributed by atoms with Gasteiger partial charge in [-0.2, -0.15) is 0 Å². The van der Waals surface area contributed by atoms with Crippen LogP contribution in [0.4, 0.5) is 0 Å². The molecule has 0 heterocycles. The Labute approximate surface area is 94.5 Å². The van der Waals surface area contributed by atoms with E-state index in [9.17, 15) is 0 Å². The Balaban J connectivity index is 0. The number of aliphatic hydroxyl groups is 2. The van der Waals surface area contributed by atoms with Gasteiger partial charge in [0.05, 0.1) is 18.8 Å². The molecule has 0 aromatic carbocycles. The van der Waals surface area contributed by atoms with Crippen molar-refractivity contribution in [3.05, 3.63) is 0 Å². The lowest BCUT2D eigenvalue weighted by Crippen LogP contribution is -2.26. The topological polar surface area (TPSA) is 49.7 Å². The summed E-state index contributed by atoms with van der Waals surface area (Å²) in [6.07, 6.45) is 2.26. The molecule has 0 fully saturated rings. The van der Waals surface area contributed by atoms with E-state index in [1.54, 1.807) is 0 Å². The fourth-order valence-corrected chi connectivity index (χ4v) is 1.42. The van der Waals surface area contributed by atoms with Gasteiger partial charge in [0.2, 0.25) is 0 Å². The predicted octanol–water partition coefficient (Wildman–Crippen LogP) is 2.21. The fourth-order valence-electron chi connectivity index (χ4n) is 1.42. The standard InChI is InChI=1S/C10H22O.C2H6O2/c1-6-7-11-10(4,5)8-9(2)3;3-1-2-4/h9H,6-8H2,1-5H3;3-4H,1-2H2. The van der Waals surface area contributed by atoms with Crippen molar-refractivity contribution >= 4 is 0 Å². The van der Waals surface area contributed by atoms with Crippen LogP contribution in [-0.2, 0) is 4.74 Å². The van der Waals surface area contributed by atoms with Crippen LogP contribution < -0.4 is 0 Å². The van der Waals surface area contributed by atoms with Crippen molar-refractivity contribution in [3.63, 3.8) is 0 Å². The fraction of sp³-hybridized carbons (Fsp3) is 1.00. The van der Waals surface area contributed by atoms with E-state index < -0.39 is 0 Å². The summed E-state index contributed by atoms with van der Waals surface area (Å²) in [6.45, 7) is 11.6. The zero-order valence-corrected chi connectivity index (χ0v) is 10.9. The van der Waals surface area contributed by atoms with Crippen molar-refractivity contribution in [1.29, 1.82) is 0 Å². The summed E-state index contributed by atoms with van der Waals surface area (Å²) >= 11 is 0. The van der Waals surface area contributed by atoms with Crippen molar-refractivity contribution in [2.24, 2.45) is 5.92 Å². The minimum Gasteiger partial charge on any atom is -0.394 e. The van der Waals surface area contributed by atoms with Crippen molar-refractivity contribution in [2.45, 2.75) is 53.1 Å². The number of hydrogen-bond donors (Lipinski definition) is 2. The van der Waals surface area contributed by atoms with Crippen LogP contribution >= 0.6 is 0 Å². The Kier molecular flexibility index (Phi) is 12.0. The van der Waals surface area contributed by atoms with E-state index in [1.165, 1.54) is 0 Å². The highest BCUT2D eigenvalue weighted by Gasteiger charge is 2.18. The molecule has 3 heteroatoms. The summed E-state index contributed by atoms with van der Waals surface area (Å²) in [7, 11) is 0. The first kappa shape index (κ1) is 17.3. The molecule has 0 bridgehead atoms. The van der Waals surface area contributed by atoms with Gasteiger partial charge in [0, 0.05) is 6.61 Å². The largest absolute Gasteiger partial charge is 0.394 e. The lowest BCUT2D eigenvalue weighted by atomic mass is 9.96. The van der Waals surface area contributed by atoms with Gasteiger partial charge < -0.3 is 14.9 Å². The minimum atomic E-state index is -0.125. The summed E-state index contributed by atoms with van der Waals surface area (Å²) in [4.78, 5) is 0. The van der Waals surface area contributed by atoms with Crippen LogP contribution in [0, 0.1) is 5.92 Å². The molecule has 0 aliphatic rings. The normalized spacial score (nSPS) is 11.2. The second-order valence-corrected chi connectivity index (χ2v) is 4.65. The minimum absolute atomic E-state index is 0.0736. The molecule has 15 heavy (non-hydrogen) atoms. The summed E-state index contributed by atoms with van der Waals surface area (Å²) in [6, 6.07) is 0. The van der Waals surface area contributed by atoms with Crippen molar-refractivity contribution in [1.82, 2.24) is 0 Å². The van der Waals surface area contributed by atoms with Gasteiger partial charge in [-0.1, -0.05) is 20.8 Å². The quantitative estimate of drug-likeness (QED) is 0.721. The maximum absolute atomic E-state index is 7.62. The maximum atomic E-state index is 7.62. The summed E-state index contributed by atoms with van der Waals surface area (Å²) in [5.74, 6) is 0.724. The Hall–Kier alpha value is -0.120. The molecule has 0 unspecified atom stereocenters. The van der Waals surface area contributed by atoms with Gasteiger partial charge in [0.15, 0.2) is 0 Å². The molecular weight excluding hydrogens is 192 g/mol. The highest BCUT2D eigenvalue weighted by atomic mass is 16.5. The third kappa shape index (κ3) is 16.5. The maximum Gasteiger partial charge on any atom is 0.0662 e. The Morgan fingerprint density at radius 1 is 1.13 bits per heavy atom. The van der Waals surface area contributed by atoms with Crippen LogP contribution in [0.3, 0.4) is 0 Å². The molecular formula is C12H28O3. The van der Waals surface area contributed by atoms with Gasteiger partial charge >= 0.3 is 0 Å². The molecule has 0 rings (SSSR count). The average Bonchev–Trinajstić information content (AvgIpc) is 2.13. The van der Waals surface area contributed by atoms with E-state index in [4.69, 9.17) is 14.9 Å². The van der Waals surface area contributed by atoms with Gasteiger partial charge in [0.25, 0.3) is 0 Å². The number of aliphatic hydroxyl groups excluding tert-OH is 2. The lowest BCUT2D eigenvalue weighted by molar-refractivity contribution is -0.0308. The first-order valence-electron chi connectivity index (χ1n) is 5.75. The molecule has 3 nitrogen and oxygen atoms in total. The second kappa shape index (κ2) is 10.4. The van der Waals surface area contributed by atoms with Crippen LogP contribution in [0.5, 0.6) is 0 Å². The highest BCUT2D eigenvalue weighted by Crippen LogP contribution is 2.19. The highest BCUT2D eigenvalue weighted by molar-refractivity contribution is 4.69. The molecule has 0 spiro atoms. The predicted molar refractivity (Wildman–Crippen MR) is 63.9 cm³/mol. The van der Waals surface area contributed by atoms with Crippen LogP contribution in [0.15, 0.2) is 0 Å². The van der Waals surface area contributed by atoms with Gasteiger partial charge in [-0.15, -0.1) is 0 Å². The second-order valence-electron chi connectivity index (χ2n) is 4.65.